The van der Waals surface area contributed by atoms with Crippen molar-refractivity contribution in [3.8, 4) is 0 Å². The summed E-state index contributed by atoms with van der Waals surface area (Å²) in [4.78, 5) is 25.5. The third kappa shape index (κ3) is 6.49. The van der Waals surface area contributed by atoms with Crippen molar-refractivity contribution < 1.29 is 19.1 Å². The van der Waals surface area contributed by atoms with E-state index in [-0.39, 0.29) is 11.9 Å². The molecular formula is C15H17NO4. The van der Waals surface area contributed by atoms with Crippen molar-refractivity contribution in [2.75, 3.05) is 0 Å². The minimum Gasteiger partial charge on any atom is -0.435 e. The number of nitrogens with zero attached hydrogens (tertiary/aromatic N) is 1. The minimum absolute atomic E-state index is 0.350. The first-order chi connectivity index (χ1) is 9.59. The van der Waals surface area contributed by atoms with Gasteiger partial charge in [0, 0.05) is 32.2 Å². The fourth-order valence-corrected chi connectivity index (χ4v) is 1.46. The topological polar surface area (TPSA) is 65.5 Å². The lowest BCUT2D eigenvalue weighted by Gasteiger charge is -2.03. The van der Waals surface area contributed by atoms with E-state index < -0.39 is 0 Å². The van der Waals surface area contributed by atoms with Gasteiger partial charge in [-0.3, -0.25) is 14.6 Å². The fraction of sp³-hybridized carbons (Fsp3) is 0.267. The van der Waals surface area contributed by atoms with Crippen LogP contribution in [0.15, 0.2) is 43.0 Å². The molecule has 0 atom stereocenters. The molecule has 0 saturated carbocycles. The summed E-state index contributed by atoms with van der Waals surface area (Å²) < 4.78 is 9.43. The van der Waals surface area contributed by atoms with Crippen molar-refractivity contribution in [1.82, 2.24) is 4.98 Å². The number of pyridine rings is 1. The van der Waals surface area contributed by atoms with Crippen LogP contribution in [0.1, 0.15) is 25.1 Å². The van der Waals surface area contributed by atoms with E-state index in [1.54, 1.807) is 18.3 Å². The van der Waals surface area contributed by atoms with Gasteiger partial charge in [0.05, 0.1) is 12.5 Å². The standard InChI is InChI=1S/C15H17NO4/c1-12(17)19-10-4-7-14-6-3-9-16-15(14)8-5-11-20-13(2)18/h3-6,9-11H,7-8H2,1-2H3. The molecule has 0 spiro atoms. The lowest BCUT2D eigenvalue weighted by molar-refractivity contribution is -0.136. The molecule has 0 aliphatic rings. The highest BCUT2D eigenvalue weighted by Crippen LogP contribution is 2.08. The molecule has 0 bridgehead atoms. The van der Waals surface area contributed by atoms with Gasteiger partial charge in [0.15, 0.2) is 0 Å². The number of aromatic nitrogens is 1. The van der Waals surface area contributed by atoms with Gasteiger partial charge in [0.25, 0.3) is 0 Å². The van der Waals surface area contributed by atoms with E-state index in [9.17, 15) is 9.59 Å². The molecule has 0 fully saturated rings. The number of esters is 2. The number of allylic oxidation sites excluding steroid dienone is 2. The van der Waals surface area contributed by atoms with Gasteiger partial charge >= 0.3 is 11.9 Å². The Bertz CT molecular complexity index is 473. The van der Waals surface area contributed by atoms with E-state index in [0.717, 1.165) is 11.3 Å². The average Bonchev–Trinajstić information content (AvgIpc) is 2.40. The number of ether oxygens (including phenoxy) is 2. The minimum atomic E-state index is -0.355. The molecule has 106 valence electrons. The number of carbonyl (C=O) groups excluding carboxylic acids is 2. The van der Waals surface area contributed by atoms with Crippen LogP contribution in [0.4, 0.5) is 0 Å². The Morgan fingerprint density at radius 2 is 1.70 bits per heavy atom. The second kappa shape index (κ2) is 8.63. The predicted molar refractivity (Wildman–Crippen MR) is 73.5 cm³/mol. The fourth-order valence-electron chi connectivity index (χ4n) is 1.46. The maximum atomic E-state index is 10.6. The summed E-state index contributed by atoms with van der Waals surface area (Å²) in [5.41, 5.74) is 1.90. The lowest BCUT2D eigenvalue weighted by atomic mass is 10.1. The number of rotatable bonds is 6. The van der Waals surface area contributed by atoms with Gasteiger partial charge in [0.1, 0.15) is 0 Å². The molecule has 1 heterocycles. The molecule has 20 heavy (non-hydrogen) atoms. The SMILES string of the molecule is CC(=O)OC=CCc1cccnc1CC=COC(C)=O. The van der Waals surface area contributed by atoms with Crippen molar-refractivity contribution >= 4 is 11.9 Å². The Morgan fingerprint density at radius 1 is 1.10 bits per heavy atom. The van der Waals surface area contributed by atoms with Crippen molar-refractivity contribution in [2.45, 2.75) is 26.7 Å². The molecule has 5 heteroatoms. The van der Waals surface area contributed by atoms with Gasteiger partial charge in [-0.25, -0.2) is 0 Å². The Labute approximate surface area is 117 Å². The molecule has 1 rings (SSSR count). The highest BCUT2D eigenvalue weighted by Gasteiger charge is 2.00. The monoisotopic (exact) mass is 275 g/mol. The van der Waals surface area contributed by atoms with E-state index >= 15 is 0 Å². The maximum Gasteiger partial charge on any atom is 0.307 e. The van der Waals surface area contributed by atoms with Crippen LogP contribution in [0.5, 0.6) is 0 Å². The lowest BCUT2D eigenvalue weighted by Crippen LogP contribution is -1.96. The van der Waals surface area contributed by atoms with E-state index in [0.29, 0.717) is 12.8 Å². The number of hydrogen-bond acceptors (Lipinski definition) is 5. The number of carbonyl (C=O) groups is 2. The zero-order chi connectivity index (χ0) is 14.8. The van der Waals surface area contributed by atoms with Crippen molar-refractivity contribution in [3.63, 3.8) is 0 Å². The summed E-state index contributed by atoms with van der Waals surface area (Å²) in [7, 11) is 0. The smallest absolute Gasteiger partial charge is 0.307 e. The Kier molecular flexibility index (Phi) is 6.75. The Balaban J connectivity index is 2.59. The van der Waals surface area contributed by atoms with Gasteiger partial charge < -0.3 is 9.47 Å². The van der Waals surface area contributed by atoms with E-state index in [1.165, 1.54) is 26.4 Å². The van der Waals surface area contributed by atoms with Gasteiger partial charge in [-0.05, 0) is 30.2 Å². The molecule has 0 aliphatic heterocycles. The quantitative estimate of drug-likeness (QED) is 0.589. The van der Waals surface area contributed by atoms with Crippen LogP contribution in [-0.4, -0.2) is 16.9 Å². The first-order valence-electron chi connectivity index (χ1n) is 6.17. The molecule has 5 nitrogen and oxygen atoms in total. The van der Waals surface area contributed by atoms with Gasteiger partial charge in [-0.15, -0.1) is 0 Å². The van der Waals surface area contributed by atoms with E-state index in [4.69, 9.17) is 9.47 Å². The molecule has 0 aromatic carbocycles. The molecule has 0 unspecified atom stereocenters. The molecule has 0 aliphatic carbocycles. The van der Waals surface area contributed by atoms with Crippen molar-refractivity contribution in [3.05, 3.63) is 54.3 Å². The average molecular weight is 275 g/mol. The number of hydrogen-bond donors (Lipinski definition) is 0. The second-order valence-corrected chi connectivity index (χ2v) is 3.98. The Morgan fingerprint density at radius 3 is 2.30 bits per heavy atom. The zero-order valence-corrected chi connectivity index (χ0v) is 11.5. The third-order valence-electron chi connectivity index (χ3n) is 2.29. The summed E-state index contributed by atoms with van der Waals surface area (Å²) in [6.07, 6.45) is 9.07. The highest BCUT2D eigenvalue weighted by atomic mass is 16.5. The normalized spacial score (nSPS) is 10.9. The first-order valence-corrected chi connectivity index (χ1v) is 6.17. The second-order valence-electron chi connectivity index (χ2n) is 3.98. The van der Waals surface area contributed by atoms with Gasteiger partial charge in [0.2, 0.25) is 0 Å². The van der Waals surface area contributed by atoms with Gasteiger partial charge in [-0.1, -0.05) is 6.07 Å². The van der Waals surface area contributed by atoms with Crippen LogP contribution >= 0.6 is 0 Å². The van der Waals surface area contributed by atoms with Crippen molar-refractivity contribution in [1.29, 1.82) is 0 Å². The molecule has 0 radical (unpaired) electrons. The maximum absolute atomic E-state index is 10.6. The van der Waals surface area contributed by atoms with E-state index in [1.807, 2.05) is 12.1 Å². The molecule has 1 aromatic rings. The van der Waals surface area contributed by atoms with Crippen LogP contribution in [0.2, 0.25) is 0 Å². The Hall–Kier alpha value is -2.43. The van der Waals surface area contributed by atoms with Crippen LogP contribution in [0, 0.1) is 0 Å². The highest BCUT2D eigenvalue weighted by molar-refractivity contribution is 5.66. The van der Waals surface area contributed by atoms with Crippen LogP contribution in [0.25, 0.3) is 0 Å². The largest absolute Gasteiger partial charge is 0.435 e. The predicted octanol–water partition coefficient (Wildman–Crippen LogP) is 2.32. The van der Waals surface area contributed by atoms with Crippen LogP contribution < -0.4 is 0 Å². The van der Waals surface area contributed by atoms with E-state index in [2.05, 4.69) is 4.98 Å². The summed E-state index contributed by atoms with van der Waals surface area (Å²) in [6, 6.07) is 3.79. The van der Waals surface area contributed by atoms with Crippen LogP contribution in [0.3, 0.4) is 0 Å². The summed E-state index contributed by atoms with van der Waals surface area (Å²) in [5.74, 6) is -0.705. The third-order valence-corrected chi connectivity index (χ3v) is 2.29. The molecule has 0 N–H and O–H groups in total. The molecule has 1 aromatic heterocycles. The van der Waals surface area contributed by atoms with Crippen molar-refractivity contribution in [2.24, 2.45) is 0 Å². The molecular weight excluding hydrogens is 258 g/mol. The summed E-state index contributed by atoms with van der Waals surface area (Å²) >= 11 is 0. The summed E-state index contributed by atoms with van der Waals surface area (Å²) in [5, 5.41) is 0. The molecule has 0 amide bonds. The van der Waals surface area contributed by atoms with Gasteiger partial charge in [-0.2, -0.15) is 0 Å². The van der Waals surface area contributed by atoms with Crippen LogP contribution in [-0.2, 0) is 31.9 Å². The summed E-state index contributed by atoms with van der Waals surface area (Å²) in [6.45, 7) is 2.69. The zero-order valence-electron chi connectivity index (χ0n) is 11.5. The molecule has 0 saturated heterocycles. The first kappa shape index (κ1) is 15.6.